The number of terminal acetylenes is 1. The molecular formula is C14H22N2O3S. The highest BCUT2D eigenvalue weighted by atomic mass is 32.2. The third-order valence-electron chi connectivity index (χ3n) is 4.33. The van der Waals surface area contributed by atoms with Gasteiger partial charge in [0.1, 0.15) is 0 Å². The van der Waals surface area contributed by atoms with Gasteiger partial charge < -0.3 is 10.6 Å². The predicted octanol–water partition coefficient (Wildman–Crippen LogP) is 0.297. The van der Waals surface area contributed by atoms with Gasteiger partial charge >= 0.3 is 0 Å². The molecule has 1 heterocycles. The van der Waals surface area contributed by atoms with E-state index in [1.807, 2.05) is 0 Å². The first-order valence-corrected chi connectivity index (χ1v) is 8.90. The van der Waals surface area contributed by atoms with Crippen LogP contribution in [0.1, 0.15) is 38.5 Å². The van der Waals surface area contributed by atoms with Gasteiger partial charge in [-0.15, -0.1) is 6.42 Å². The molecule has 2 aliphatic rings. The molecule has 0 bridgehead atoms. The molecule has 5 nitrogen and oxygen atoms in total. The monoisotopic (exact) mass is 298 g/mol. The van der Waals surface area contributed by atoms with E-state index in [9.17, 15) is 13.2 Å². The lowest BCUT2D eigenvalue weighted by molar-refractivity contribution is -0.133. The summed E-state index contributed by atoms with van der Waals surface area (Å²) in [5, 5.41) is 0. The molecule has 2 N–H and O–H groups in total. The molecule has 2 fully saturated rings. The van der Waals surface area contributed by atoms with Crippen molar-refractivity contribution in [3.63, 3.8) is 0 Å². The third kappa shape index (κ3) is 3.53. The first-order chi connectivity index (χ1) is 9.35. The number of carbonyl (C=O) groups excluding carboxylic acids is 1. The minimum atomic E-state index is -3.03. The van der Waals surface area contributed by atoms with E-state index in [2.05, 4.69) is 5.92 Å². The van der Waals surface area contributed by atoms with E-state index in [-0.39, 0.29) is 36.4 Å². The molecule has 1 unspecified atom stereocenters. The number of carbonyl (C=O) groups is 1. The standard InChI is InChI=1S/C14H22N2O3S/c1-2-8-16(12-5-9-20(18,19)11-12)13(17)10-14(15)6-3-4-7-14/h1,12H,3-11,15H2. The Morgan fingerprint density at radius 2 is 2.05 bits per heavy atom. The van der Waals surface area contributed by atoms with Crippen LogP contribution in [-0.2, 0) is 14.6 Å². The number of hydrogen-bond acceptors (Lipinski definition) is 4. The van der Waals surface area contributed by atoms with Gasteiger partial charge in [0, 0.05) is 18.0 Å². The fraction of sp³-hybridized carbons (Fsp3) is 0.786. The lowest BCUT2D eigenvalue weighted by atomic mass is 9.93. The lowest BCUT2D eigenvalue weighted by Crippen LogP contribution is -2.47. The zero-order valence-corrected chi connectivity index (χ0v) is 12.5. The van der Waals surface area contributed by atoms with Gasteiger partial charge in [-0.25, -0.2) is 8.42 Å². The summed E-state index contributed by atoms with van der Waals surface area (Å²) < 4.78 is 23.1. The van der Waals surface area contributed by atoms with Gasteiger partial charge in [-0.1, -0.05) is 18.8 Å². The van der Waals surface area contributed by atoms with E-state index in [0.29, 0.717) is 6.42 Å². The van der Waals surface area contributed by atoms with Gasteiger partial charge in [0.25, 0.3) is 0 Å². The molecule has 1 amide bonds. The number of hydrogen-bond donors (Lipinski definition) is 1. The molecule has 2 rings (SSSR count). The van der Waals surface area contributed by atoms with Crippen LogP contribution >= 0.6 is 0 Å². The van der Waals surface area contributed by atoms with Crippen molar-refractivity contribution in [2.24, 2.45) is 5.73 Å². The number of amides is 1. The molecule has 0 spiro atoms. The molecule has 0 radical (unpaired) electrons. The largest absolute Gasteiger partial charge is 0.327 e. The Bertz CT molecular complexity index is 515. The minimum Gasteiger partial charge on any atom is -0.327 e. The Morgan fingerprint density at radius 3 is 2.55 bits per heavy atom. The highest BCUT2D eigenvalue weighted by Gasteiger charge is 2.38. The van der Waals surface area contributed by atoms with Crippen LogP contribution in [0.25, 0.3) is 0 Å². The molecule has 1 saturated carbocycles. The average Bonchev–Trinajstić information content (AvgIpc) is 2.92. The molecule has 1 atom stereocenters. The third-order valence-corrected chi connectivity index (χ3v) is 6.08. The average molecular weight is 298 g/mol. The van der Waals surface area contributed by atoms with Crippen LogP contribution < -0.4 is 5.73 Å². The summed E-state index contributed by atoms with van der Waals surface area (Å²) in [5.74, 6) is 2.52. The Kier molecular flexibility index (Phi) is 4.40. The number of rotatable bonds is 4. The van der Waals surface area contributed by atoms with Crippen molar-refractivity contribution in [3.05, 3.63) is 0 Å². The number of sulfone groups is 1. The fourth-order valence-electron chi connectivity index (χ4n) is 3.20. The summed E-state index contributed by atoms with van der Waals surface area (Å²) in [4.78, 5) is 14.0. The Morgan fingerprint density at radius 1 is 1.40 bits per heavy atom. The normalized spacial score (nSPS) is 27.1. The van der Waals surface area contributed by atoms with Crippen molar-refractivity contribution < 1.29 is 13.2 Å². The van der Waals surface area contributed by atoms with E-state index in [4.69, 9.17) is 12.2 Å². The Hall–Kier alpha value is -1.06. The summed E-state index contributed by atoms with van der Waals surface area (Å²) >= 11 is 0. The summed E-state index contributed by atoms with van der Waals surface area (Å²) in [6.45, 7) is 0.162. The maximum absolute atomic E-state index is 12.4. The van der Waals surface area contributed by atoms with Crippen molar-refractivity contribution in [1.29, 1.82) is 0 Å². The molecule has 0 aromatic carbocycles. The minimum absolute atomic E-state index is 0.0258. The van der Waals surface area contributed by atoms with Crippen molar-refractivity contribution >= 4 is 15.7 Å². The Labute approximate surface area is 120 Å². The molecule has 112 valence electrons. The molecule has 1 aliphatic heterocycles. The summed E-state index contributed by atoms with van der Waals surface area (Å²) in [5.41, 5.74) is 5.80. The van der Waals surface area contributed by atoms with Crippen molar-refractivity contribution in [3.8, 4) is 12.3 Å². The van der Waals surface area contributed by atoms with E-state index >= 15 is 0 Å². The lowest BCUT2D eigenvalue weighted by Gasteiger charge is -2.31. The van der Waals surface area contributed by atoms with Gasteiger partial charge in [-0.2, -0.15) is 0 Å². The van der Waals surface area contributed by atoms with Gasteiger partial charge in [0.15, 0.2) is 9.84 Å². The van der Waals surface area contributed by atoms with Gasteiger partial charge in [0.05, 0.1) is 18.1 Å². The summed E-state index contributed by atoms with van der Waals surface area (Å²) in [6.07, 6.45) is 9.88. The van der Waals surface area contributed by atoms with Crippen LogP contribution in [0.3, 0.4) is 0 Å². The maximum Gasteiger partial charge on any atom is 0.225 e. The second-order valence-electron chi connectivity index (χ2n) is 6.03. The van der Waals surface area contributed by atoms with Crippen molar-refractivity contribution in [2.45, 2.75) is 50.1 Å². The topological polar surface area (TPSA) is 80.5 Å². The molecule has 6 heteroatoms. The highest BCUT2D eigenvalue weighted by Crippen LogP contribution is 2.31. The van der Waals surface area contributed by atoms with Crippen LogP contribution in [0, 0.1) is 12.3 Å². The smallest absolute Gasteiger partial charge is 0.225 e. The zero-order chi connectivity index (χ0) is 14.8. The van der Waals surface area contributed by atoms with Gasteiger partial charge in [0.2, 0.25) is 5.91 Å². The van der Waals surface area contributed by atoms with Crippen LogP contribution in [0.15, 0.2) is 0 Å². The zero-order valence-electron chi connectivity index (χ0n) is 11.7. The Balaban J connectivity index is 2.05. The molecule has 0 aromatic rings. The van der Waals surface area contributed by atoms with Gasteiger partial charge in [-0.05, 0) is 19.3 Å². The summed E-state index contributed by atoms with van der Waals surface area (Å²) in [6, 6.07) is -0.284. The molecule has 1 aliphatic carbocycles. The van der Waals surface area contributed by atoms with Gasteiger partial charge in [-0.3, -0.25) is 4.79 Å². The predicted molar refractivity (Wildman–Crippen MR) is 77.6 cm³/mol. The van der Waals surface area contributed by atoms with E-state index in [0.717, 1.165) is 25.7 Å². The van der Waals surface area contributed by atoms with E-state index in [1.54, 1.807) is 0 Å². The fourth-order valence-corrected chi connectivity index (χ4v) is 4.93. The van der Waals surface area contributed by atoms with Crippen molar-refractivity contribution in [1.82, 2.24) is 4.90 Å². The van der Waals surface area contributed by atoms with Crippen LogP contribution in [0.5, 0.6) is 0 Å². The molecule has 20 heavy (non-hydrogen) atoms. The quantitative estimate of drug-likeness (QED) is 0.757. The first kappa shape index (κ1) is 15.3. The summed E-state index contributed by atoms with van der Waals surface area (Å²) in [7, 11) is -3.03. The van der Waals surface area contributed by atoms with Crippen LogP contribution in [0.2, 0.25) is 0 Å². The van der Waals surface area contributed by atoms with E-state index in [1.165, 1.54) is 4.90 Å². The van der Waals surface area contributed by atoms with E-state index < -0.39 is 15.4 Å². The highest BCUT2D eigenvalue weighted by molar-refractivity contribution is 7.91. The second-order valence-corrected chi connectivity index (χ2v) is 8.26. The maximum atomic E-state index is 12.4. The molecule has 0 aromatic heterocycles. The second kappa shape index (κ2) is 5.74. The van der Waals surface area contributed by atoms with Crippen LogP contribution in [-0.4, -0.2) is 48.9 Å². The van der Waals surface area contributed by atoms with Crippen LogP contribution in [0.4, 0.5) is 0 Å². The van der Waals surface area contributed by atoms with Crippen molar-refractivity contribution in [2.75, 3.05) is 18.1 Å². The molecule has 1 saturated heterocycles. The SMILES string of the molecule is C#CCN(C(=O)CC1(N)CCCC1)C1CCS(=O)(=O)C1. The molecular weight excluding hydrogens is 276 g/mol. The number of nitrogens with zero attached hydrogens (tertiary/aromatic N) is 1. The number of nitrogens with two attached hydrogens (primary N) is 1. The first-order valence-electron chi connectivity index (χ1n) is 7.07.